The van der Waals surface area contributed by atoms with Crippen LogP contribution in [0.1, 0.15) is 5.56 Å². The average Bonchev–Trinajstić information content (AvgIpc) is 2.37. The maximum atomic E-state index is 13.3. The highest BCUT2D eigenvalue weighted by Gasteiger charge is 2.20. The van der Waals surface area contributed by atoms with Gasteiger partial charge in [0.2, 0.25) is 0 Å². The van der Waals surface area contributed by atoms with Crippen LogP contribution in [0, 0.1) is 12.7 Å². The SMILES string of the molecule is Cc1cc(NS(=O)(=O)c2cc(Br)c(F)cc2N)ccc1Br. The summed E-state index contributed by atoms with van der Waals surface area (Å²) < 4.78 is 41.3. The van der Waals surface area contributed by atoms with Crippen molar-refractivity contribution in [1.82, 2.24) is 0 Å². The van der Waals surface area contributed by atoms with Crippen LogP contribution in [0.15, 0.2) is 44.2 Å². The van der Waals surface area contributed by atoms with E-state index in [0.717, 1.165) is 22.2 Å². The summed E-state index contributed by atoms with van der Waals surface area (Å²) in [5.74, 6) is -0.620. The Hall–Kier alpha value is -1.12. The van der Waals surface area contributed by atoms with Crippen molar-refractivity contribution < 1.29 is 12.8 Å². The van der Waals surface area contributed by atoms with Gasteiger partial charge in [0.25, 0.3) is 10.0 Å². The van der Waals surface area contributed by atoms with Crippen molar-refractivity contribution in [3.8, 4) is 0 Å². The molecule has 2 aromatic rings. The number of benzene rings is 2. The van der Waals surface area contributed by atoms with Crippen LogP contribution < -0.4 is 10.5 Å². The summed E-state index contributed by atoms with van der Waals surface area (Å²) >= 11 is 6.29. The molecule has 112 valence electrons. The van der Waals surface area contributed by atoms with E-state index in [1.807, 2.05) is 6.92 Å². The minimum absolute atomic E-state index is 0.0315. The summed E-state index contributed by atoms with van der Waals surface area (Å²) in [6.45, 7) is 1.84. The molecular formula is C13H11Br2FN2O2S. The highest BCUT2D eigenvalue weighted by Crippen LogP contribution is 2.28. The van der Waals surface area contributed by atoms with Gasteiger partial charge in [0.1, 0.15) is 10.7 Å². The average molecular weight is 438 g/mol. The van der Waals surface area contributed by atoms with Gasteiger partial charge >= 0.3 is 0 Å². The predicted octanol–water partition coefficient (Wildman–Crippen LogP) is 4.04. The lowest BCUT2D eigenvalue weighted by molar-refractivity contribution is 0.599. The third-order valence-electron chi connectivity index (χ3n) is 2.75. The molecule has 0 bridgehead atoms. The Bertz CT molecular complexity index is 810. The molecule has 0 atom stereocenters. The van der Waals surface area contributed by atoms with E-state index in [1.165, 1.54) is 0 Å². The number of hydrogen-bond donors (Lipinski definition) is 2. The normalized spacial score (nSPS) is 11.4. The van der Waals surface area contributed by atoms with Gasteiger partial charge in [0.05, 0.1) is 10.2 Å². The second-order valence-electron chi connectivity index (χ2n) is 4.37. The number of aryl methyl sites for hydroxylation is 1. The van der Waals surface area contributed by atoms with Crippen LogP contribution in [0.2, 0.25) is 0 Å². The van der Waals surface area contributed by atoms with Crippen LogP contribution in [0.25, 0.3) is 0 Å². The number of anilines is 2. The molecule has 2 aromatic carbocycles. The van der Waals surface area contributed by atoms with Crippen LogP contribution in [-0.2, 0) is 10.0 Å². The first kappa shape index (κ1) is 16.3. The molecule has 0 aliphatic carbocycles. The van der Waals surface area contributed by atoms with Gasteiger partial charge in [0.15, 0.2) is 0 Å². The third kappa shape index (κ3) is 3.56. The van der Waals surface area contributed by atoms with E-state index in [1.54, 1.807) is 18.2 Å². The lowest BCUT2D eigenvalue weighted by Crippen LogP contribution is -2.15. The maximum Gasteiger partial charge on any atom is 0.263 e. The number of rotatable bonds is 3. The van der Waals surface area contributed by atoms with Gasteiger partial charge in [-0.25, -0.2) is 12.8 Å². The largest absolute Gasteiger partial charge is 0.398 e. The molecule has 0 saturated heterocycles. The topological polar surface area (TPSA) is 72.2 Å². The van der Waals surface area contributed by atoms with Gasteiger partial charge in [-0.1, -0.05) is 15.9 Å². The summed E-state index contributed by atoms with van der Waals surface area (Å²) in [5.41, 5.74) is 6.72. The van der Waals surface area contributed by atoms with E-state index in [2.05, 4.69) is 36.6 Å². The highest BCUT2D eigenvalue weighted by molar-refractivity contribution is 9.10. The molecular weight excluding hydrogens is 427 g/mol. The van der Waals surface area contributed by atoms with Crippen LogP contribution in [0.4, 0.5) is 15.8 Å². The van der Waals surface area contributed by atoms with Crippen LogP contribution in [0.5, 0.6) is 0 Å². The molecule has 21 heavy (non-hydrogen) atoms. The van der Waals surface area contributed by atoms with Gasteiger partial charge < -0.3 is 5.73 Å². The second kappa shape index (κ2) is 5.94. The number of halogens is 3. The van der Waals surface area contributed by atoms with Gasteiger partial charge in [0, 0.05) is 10.2 Å². The van der Waals surface area contributed by atoms with E-state index in [9.17, 15) is 12.8 Å². The van der Waals surface area contributed by atoms with Crippen molar-refractivity contribution >= 4 is 53.3 Å². The van der Waals surface area contributed by atoms with Crippen molar-refractivity contribution in [3.05, 3.63) is 50.7 Å². The zero-order valence-corrected chi connectivity index (χ0v) is 14.8. The summed E-state index contributed by atoms with van der Waals surface area (Å²) in [6, 6.07) is 7.13. The van der Waals surface area contributed by atoms with Crippen LogP contribution >= 0.6 is 31.9 Å². The van der Waals surface area contributed by atoms with Crippen molar-refractivity contribution in [2.45, 2.75) is 11.8 Å². The Balaban J connectivity index is 2.43. The zero-order chi connectivity index (χ0) is 15.8. The fraction of sp³-hybridized carbons (Fsp3) is 0.0769. The Kier molecular flexibility index (Phi) is 4.60. The number of nitrogen functional groups attached to an aromatic ring is 1. The molecule has 3 N–H and O–H groups in total. The minimum atomic E-state index is -3.90. The van der Waals surface area contributed by atoms with Crippen molar-refractivity contribution in [2.24, 2.45) is 0 Å². The number of hydrogen-bond acceptors (Lipinski definition) is 3. The second-order valence-corrected chi connectivity index (χ2v) is 7.73. The Labute approximate surface area is 138 Å². The van der Waals surface area contributed by atoms with E-state index in [0.29, 0.717) is 5.69 Å². The summed E-state index contributed by atoms with van der Waals surface area (Å²) in [7, 11) is -3.90. The summed E-state index contributed by atoms with van der Waals surface area (Å²) in [6.07, 6.45) is 0. The molecule has 0 aliphatic rings. The van der Waals surface area contributed by atoms with Gasteiger partial charge in [-0.15, -0.1) is 0 Å². The predicted molar refractivity (Wildman–Crippen MR) is 88.2 cm³/mol. The molecule has 0 amide bonds. The molecule has 2 rings (SSSR count). The maximum absolute atomic E-state index is 13.3. The number of sulfonamides is 1. The first-order valence-electron chi connectivity index (χ1n) is 5.74. The van der Waals surface area contributed by atoms with Gasteiger partial charge in [-0.05, 0) is 58.7 Å². The highest BCUT2D eigenvalue weighted by atomic mass is 79.9. The first-order chi connectivity index (χ1) is 9.70. The smallest absolute Gasteiger partial charge is 0.263 e. The van der Waals surface area contributed by atoms with E-state index < -0.39 is 15.8 Å². The van der Waals surface area contributed by atoms with E-state index >= 15 is 0 Å². The fourth-order valence-electron chi connectivity index (χ4n) is 1.70. The zero-order valence-electron chi connectivity index (χ0n) is 10.8. The Morgan fingerprint density at radius 2 is 1.81 bits per heavy atom. The molecule has 0 spiro atoms. The van der Waals surface area contributed by atoms with Gasteiger partial charge in [-0.2, -0.15) is 0 Å². The lowest BCUT2D eigenvalue weighted by Gasteiger charge is -2.12. The molecule has 0 fully saturated rings. The molecule has 0 unspecified atom stereocenters. The monoisotopic (exact) mass is 436 g/mol. The van der Waals surface area contributed by atoms with Crippen LogP contribution in [-0.4, -0.2) is 8.42 Å². The van der Waals surface area contributed by atoms with Crippen molar-refractivity contribution in [3.63, 3.8) is 0 Å². The quantitative estimate of drug-likeness (QED) is 0.711. The number of nitrogens with one attached hydrogen (secondary N) is 1. The lowest BCUT2D eigenvalue weighted by atomic mass is 10.2. The van der Waals surface area contributed by atoms with Crippen molar-refractivity contribution in [1.29, 1.82) is 0 Å². The molecule has 0 aromatic heterocycles. The Morgan fingerprint density at radius 3 is 2.43 bits per heavy atom. The third-order valence-corrected chi connectivity index (χ3v) is 5.69. The van der Waals surface area contributed by atoms with E-state index in [4.69, 9.17) is 5.73 Å². The Morgan fingerprint density at radius 1 is 1.14 bits per heavy atom. The molecule has 8 heteroatoms. The first-order valence-corrected chi connectivity index (χ1v) is 8.81. The van der Waals surface area contributed by atoms with Crippen LogP contribution in [0.3, 0.4) is 0 Å². The summed E-state index contributed by atoms with van der Waals surface area (Å²) in [5, 5.41) is 0. The fourth-order valence-corrected chi connectivity index (χ4v) is 3.63. The molecule has 0 heterocycles. The van der Waals surface area contributed by atoms with Gasteiger partial charge in [-0.3, -0.25) is 4.72 Å². The van der Waals surface area contributed by atoms with Crippen molar-refractivity contribution in [2.75, 3.05) is 10.5 Å². The summed E-state index contributed by atoms with van der Waals surface area (Å²) in [4.78, 5) is -0.184. The molecule has 0 aliphatic heterocycles. The minimum Gasteiger partial charge on any atom is -0.398 e. The van der Waals surface area contributed by atoms with E-state index in [-0.39, 0.29) is 15.1 Å². The number of nitrogens with two attached hydrogens (primary N) is 1. The molecule has 0 radical (unpaired) electrons. The standard InChI is InChI=1S/C13H11Br2FN2O2S/c1-7-4-8(2-3-9(7)14)18-21(19,20)13-5-10(15)11(16)6-12(13)17/h2-6,18H,17H2,1H3. The molecule has 4 nitrogen and oxygen atoms in total. The molecule has 0 saturated carbocycles.